The van der Waals surface area contributed by atoms with Crippen LogP contribution in [0.5, 0.6) is 0 Å². The molecule has 5 nitrogen and oxygen atoms in total. The number of nitrogens with zero attached hydrogens (tertiary/aromatic N) is 2. The molecule has 0 aliphatic rings. The molecule has 2 rings (SSSR count). The standard InChI is InChI=1S/C17H20FN3O2S/c1-11(2)16(12(3)22)20-15(23)10-24-17-19-7-8-21(17)14-6-4-5-13(18)9-14/h4-9,11,16H,10H2,1-3H3,(H,20,23). The van der Waals surface area contributed by atoms with Crippen LogP contribution in [-0.4, -0.2) is 33.0 Å². The van der Waals surface area contributed by atoms with Gasteiger partial charge in [0, 0.05) is 12.4 Å². The van der Waals surface area contributed by atoms with Crippen LogP contribution < -0.4 is 5.32 Å². The predicted molar refractivity (Wildman–Crippen MR) is 91.7 cm³/mol. The summed E-state index contributed by atoms with van der Waals surface area (Å²) in [5.41, 5.74) is 0.638. The molecule has 1 atom stereocenters. The first kappa shape index (κ1) is 18.2. The second kappa shape index (κ2) is 8.10. The number of ketones is 1. The van der Waals surface area contributed by atoms with Gasteiger partial charge in [0.15, 0.2) is 10.9 Å². The Bertz CT molecular complexity index is 730. The smallest absolute Gasteiger partial charge is 0.231 e. The topological polar surface area (TPSA) is 64.0 Å². The number of carbonyl (C=O) groups excluding carboxylic acids is 2. The molecule has 7 heteroatoms. The minimum Gasteiger partial charge on any atom is -0.345 e. The number of halogens is 1. The summed E-state index contributed by atoms with van der Waals surface area (Å²) in [6, 6.07) is 5.66. The largest absolute Gasteiger partial charge is 0.345 e. The quantitative estimate of drug-likeness (QED) is 0.781. The van der Waals surface area contributed by atoms with Crippen molar-refractivity contribution in [3.63, 3.8) is 0 Å². The summed E-state index contributed by atoms with van der Waals surface area (Å²) < 4.78 is 15.1. The third kappa shape index (κ3) is 4.67. The van der Waals surface area contributed by atoms with Crippen LogP contribution in [0.15, 0.2) is 41.8 Å². The minimum absolute atomic E-state index is 0.0331. The minimum atomic E-state index is -0.485. The lowest BCUT2D eigenvalue weighted by atomic mass is 10.0. The van der Waals surface area contributed by atoms with Crippen molar-refractivity contribution in [3.8, 4) is 5.69 Å². The summed E-state index contributed by atoms with van der Waals surface area (Å²) in [6.45, 7) is 5.24. The molecule has 0 aliphatic carbocycles. The van der Waals surface area contributed by atoms with Gasteiger partial charge in [-0.05, 0) is 31.0 Å². The fourth-order valence-electron chi connectivity index (χ4n) is 2.30. The molecule has 1 unspecified atom stereocenters. The van der Waals surface area contributed by atoms with Crippen LogP contribution in [0, 0.1) is 11.7 Å². The first-order chi connectivity index (χ1) is 11.4. The number of carbonyl (C=O) groups is 2. The van der Waals surface area contributed by atoms with E-state index < -0.39 is 6.04 Å². The Labute approximate surface area is 144 Å². The van der Waals surface area contributed by atoms with Gasteiger partial charge in [-0.15, -0.1) is 0 Å². The van der Waals surface area contributed by atoms with Gasteiger partial charge in [0.05, 0.1) is 17.5 Å². The molecule has 128 valence electrons. The highest BCUT2D eigenvalue weighted by Crippen LogP contribution is 2.20. The monoisotopic (exact) mass is 349 g/mol. The highest BCUT2D eigenvalue weighted by Gasteiger charge is 2.20. The molecule has 0 fully saturated rings. The third-order valence-corrected chi connectivity index (χ3v) is 4.41. The summed E-state index contributed by atoms with van der Waals surface area (Å²) in [5, 5.41) is 3.32. The fourth-order valence-corrected chi connectivity index (χ4v) is 3.09. The number of imidazole rings is 1. The van der Waals surface area contributed by atoms with E-state index in [1.165, 1.54) is 30.8 Å². The summed E-state index contributed by atoms with van der Waals surface area (Å²) in [5.74, 6) is -0.475. The summed E-state index contributed by atoms with van der Waals surface area (Å²) in [7, 11) is 0. The van der Waals surface area contributed by atoms with E-state index in [9.17, 15) is 14.0 Å². The van der Waals surface area contributed by atoms with E-state index in [4.69, 9.17) is 0 Å². The van der Waals surface area contributed by atoms with Gasteiger partial charge in [-0.1, -0.05) is 31.7 Å². The van der Waals surface area contributed by atoms with Crippen molar-refractivity contribution < 1.29 is 14.0 Å². The van der Waals surface area contributed by atoms with Crippen molar-refractivity contribution in [2.75, 3.05) is 5.75 Å². The molecular formula is C17H20FN3O2S. The van der Waals surface area contributed by atoms with Crippen molar-refractivity contribution in [1.29, 1.82) is 0 Å². The van der Waals surface area contributed by atoms with Gasteiger partial charge in [-0.25, -0.2) is 9.37 Å². The number of benzene rings is 1. The fraction of sp³-hybridized carbons (Fsp3) is 0.353. The van der Waals surface area contributed by atoms with Crippen molar-refractivity contribution in [1.82, 2.24) is 14.9 Å². The number of nitrogens with one attached hydrogen (secondary N) is 1. The van der Waals surface area contributed by atoms with E-state index in [1.54, 1.807) is 29.1 Å². The lowest BCUT2D eigenvalue weighted by Gasteiger charge is -2.19. The third-order valence-electron chi connectivity index (χ3n) is 3.45. The lowest BCUT2D eigenvalue weighted by molar-refractivity contribution is -0.126. The van der Waals surface area contributed by atoms with Crippen LogP contribution in [0.25, 0.3) is 5.69 Å². The number of rotatable bonds is 7. The van der Waals surface area contributed by atoms with Crippen LogP contribution >= 0.6 is 11.8 Å². The first-order valence-corrected chi connectivity index (χ1v) is 8.59. The number of aromatic nitrogens is 2. The number of hydrogen-bond donors (Lipinski definition) is 1. The van der Waals surface area contributed by atoms with Crippen molar-refractivity contribution in [2.24, 2.45) is 5.92 Å². The van der Waals surface area contributed by atoms with Gasteiger partial charge in [-0.3, -0.25) is 14.2 Å². The molecule has 2 aromatic rings. The second-order valence-electron chi connectivity index (χ2n) is 5.75. The Morgan fingerprint density at radius 2 is 2.12 bits per heavy atom. The molecular weight excluding hydrogens is 329 g/mol. The van der Waals surface area contributed by atoms with E-state index in [1.807, 2.05) is 13.8 Å². The maximum absolute atomic E-state index is 13.4. The van der Waals surface area contributed by atoms with E-state index in [0.29, 0.717) is 10.8 Å². The molecule has 1 heterocycles. The lowest BCUT2D eigenvalue weighted by Crippen LogP contribution is -2.44. The number of hydrogen-bond acceptors (Lipinski definition) is 4. The highest BCUT2D eigenvalue weighted by molar-refractivity contribution is 7.99. The SMILES string of the molecule is CC(=O)C(NC(=O)CSc1nccn1-c1cccc(F)c1)C(C)C. The molecule has 0 saturated carbocycles. The maximum Gasteiger partial charge on any atom is 0.231 e. The second-order valence-corrected chi connectivity index (χ2v) is 6.69. The summed E-state index contributed by atoms with van der Waals surface area (Å²) >= 11 is 1.23. The highest BCUT2D eigenvalue weighted by atomic mass is 32.2. The van der Waals surface area contributed by atoms with E-state index in [2.05, 4.69) is 10.3 Å². The van der Waals surface area contributed by atoms with Gasteiger partial charge in [-0.2, -0.15) is 0 Å². The van der Waals surface area contributed by atoms with E-state index >= 15 is 0 Å². The van der Waals surface area contributed by atoms with Crippen LogP contribution in [0.4, 0.5) is 4.39 Å². The molecule has 0 radical (unpaired) electrons. The van der Waals surface area contributed by atoms with Crippen LogP contribution in [0.3, 0.4) is 0 Å². The van der Waals surface area contributed by atoms with Crippen molar-refractivity contribution >= 4 is 23.5 Å². The molecule has 1 amide bonds. The van der Waals surface area contributed by atoms with Crippen LogP contribution in [0.2, 0.25) is 0 Å². The van der Waals surface area contributed by atoms with Gasteiger partial charge in [0.2, 0.25) is 5.91 Å². The van der Waals surface area contributed by atoms with Crippen molar-refractivity contribution in [3.05, 3.63) is 42.5 Å². The van der Waals surface area contributed by atoms with Gasteiger partial charge >= 0.3 is 0 Å². The number of thioether (sulfide) groups is 1. The number of Topliss-reactive ketones (excluding diaryl/α,β-unsaturated/α-hetero) is 1. The molecule has 1 aromatic heterocycles. The molecule has 0 saturated heterocycles. The Kier molecular flexibility index (Phi) is 6.14. The van der Waals surface area contributed by atoms with Gasteiger partial charge in [0.1, 0.15) is 5.82 Å². The summed E-state index contributed by atoms with van der Waals surface area (Å²) in [6.07, 6.45) is 3.30. The normalized spacial score (nSPS) is 12.2. The molecule has 0 spiro atoms. The number of amides is 1. The molecule has 0 aliphatic heterocycles. The average Bonchev–Trinajstić information content (AvgIpc) is 2.98. The zero-order chi connectivity index (χ0) is 17.7. The zero-order valence-electron chi connectivity index (χ0n) is 13.8. The molecule has 1 N–H and O–H groups in total. The summed E-state index contributed by atoms with van der Waals surface area (Å²) in [4.78, 5) is 27.8. The van der Waals surface area contributed by atoms with Crippen molar-refractivity contribution in [2.45, 2.75) is 32.0 Å². The van der Waals surface area contributed by atoms with E-state index in [0.717, 1.165) is 0 Å². The zero-order valence-corrected chi connectivity index (χ0v) is 14.6. The Hall–Kier alpha value is -2.15. The average molecular weight is 349 g/mol. The Balaban J connectivity index is 2.02. The molecule has 24 heavy (non-hydrogen) atoms. The first-order valence-electron chi connectivity index (χ1n) is 7.60. The van der Waals surface area contributed by atoms with E-state index in [-0.39, 0.29) is 29.2 Å². The van der Waals surface area contributed by atoms with Crippen LogP contribution in [-0.2, 0) is 9.59 Å². The van der Waals surface area contributed by atoms with Gasteiger partial charge in [0.25, 0.3) is 0 Å². The van der Waals surface area contributed by atoms with Crippen LogP contribution in [0.1, 0.15) is 20.8 Å². The Morgan fingerprint density at radius 3 is 2.75 bits per heavy atom. The molecule has 1 aromatic carbocycles. The Morgan fingerprint density at radius 1 is 1.38 bits per heavy atom. The predicted octanol–water partition coefficient (Wildman–Crippen LogP) is 2.83. The maximum atomic E-state index is 13.4. The van der Waals surface area contributed by atoms with Gasteiger partial charge < -0.3 is 5.32 Å². The molecule has 0 bridgehead atoms.